The molecule has 0 spiro atoms. The Morgan fingerprint density at radius 1 is 1.07 bits per heavy atom. The summed E-state index contributed by atoms with van der Waals surface area (Å²) < 4.78 is 10.7. The van der Waals surface area contributed by atoms with Crippen molar-refractivity contribution in [3.05, 3.63) is 53.6 Å². The predicted molar refractivity (Wildman–Crippen MR) is 107 cm³/mol. The van der Waals surface area contributed by atoms with E-state index in [0.717, 1.165) is 34.9 Å². The average Bonchev–Trinajstić information content (AvgIpc) is 3.34. The fourth-order valence-electron chi connectivity index (χ4n) is 2.82. The van der Waals surface area contributed by atoms with Crippen molar-refractivity contribution in [1.29, 1.82) is 0 Å². The van der Waals surface area contributed by atoms with Gasteiger partial charge in [0.05, 0.1) is 0 Å². The molecule has 0 saturated carbocycles. The summed E-state index contributed by atoms with van der Waals surface area (Å²) in [6, 6.07) is 14.4. The molecule has 6 nitrogen and oxygen atoms in total. The van der Waals surface area contributed by atoms with E-state index in [4.69, 9.17) is 9.47 Å². The second-order valence-corrected chi connectivity index (χ2v) is 7.31. The zero-order valence-corrected chi connectivity index (χ0v) is 16.0. The summed E-state index contributed by atoms with van der Waals surface area (Å²) in [5.74, 6) is 3.01. The minimum atomic E-state index is 0.293. The summed E-state index contributed by atoms with van der Waals surface area (Å²) in [5, 5.41) is 11.2. The smallest absolute Gasteiger partial charge is 0.231 e. The predicted octanol–water partition coefficient (Wildman–Crippen LogP) is 4.91. The fourth-order valence-corrected chi connectivity index (χ4v) is 3.56. The van der Waals surface area contributed by atoms with Crippen LogP contribution in [0.5, 0.6) is 11.5 Å². The van der Waals surface area contributed by atoms with Gasteiger partial charge in [0.1, 0.15) is 0 Å². The number of nitrogens with one attached hydrogen (secondary N) is 2. The molecule has 140 valence electrons. The number of thioether (sulfide) groups is 1. The fraction of sp³-hybridized carbons (Fsp3) is 0.300. The molecule has 2 heterocycles. The van der Waals surface area contributed by atoms with Crippen molar-refractivity contribution in [2.24, 2.45) is 0 Å². The molecule has 7 heteroatoms. The van der Waals surface area contributed by atoms with E-state index in [-0.39, 0.29) is 0 Å². The third-order valence-corrected chi connectivity index (χ3v) is 5.22. The molecule has 0 radical (unpaired) electrons. The van der Waals surface area contributed by atoms with Crippen LogP contribution in [0.3, 0.4) is 0 Å². The summed E-state index contributed by atoms with van der Waals surface area (Å²) >= 11 is 1.57. The van der Waals surface area contributed by atoms with Crippen molar-refractivity contribution in [3.8, 4) is 11.5 Å². The highest BCUT2D eigenvalue weighted by Gasteiger charge is 2.13. The second kappa shape index (κ2) is 8.35. The Kier molecular flexibility index (Phi) is 5.48. The van der Waals surface area contributed by atoms with Gasteiger partial charge < -0.3 is 14.8 Å². The maximum absolute atomic E-state index is 5.41. The van der Waals surface area contributed by atoms with Crippen LogP contribution in [0.4, 0.5) is 11.6 Å². The van der Waals surface area contributed by atoms with Crippen LogP contribution in [-0.2, 0) is 12.2 Å². The molecular formula is C20H22N4O2S. The first-order valence-corrected chi connectivity index (χ1v) is 10.1. The van der Waals surface area contributed by atoms with Crippen LogP contribution in [-0.4, -0.2) is 22.0 Å². The third-order valence-electron chi connectivity index (χ3n) is 4.31. The van der Waals surface area contributed by atoms with Gasteiger partial charge in [-0.05, 0) is 48.2 Å². The largest absolute Gasteiger partial charge is 0.454 e. The maximum Gasteiger partial charge on any atom is 0.231 e. The lowest BCUT2D eigenvalue weighted by atomic mass is 10.1. The summed E-state index contributed by atoms with van der Waals surface area (Å²) in [4.78, 5) is 4.49. The zero-order chi connectivity index (χ0) is 18.5. The minimum Gasteiger partial charge on any atom is -0.454 e. The number of rotatable bonds is 8. The first-order valence-electron chi connectivity index (χ1n) is 9.10. The van der Waals surface area contributed by atoms with Crippen LogP contribution in [0, 0.1) is 0 Å². The molecular weight excluding hydrogens is 360 g/mol. The van der Waals surface area contributed by atoms with Gasteiger partial charge in [-0.2, -0.15) is 4.98 Å². The number of hydrogen-bond donors (Lipinski definition) is 2. The van der Waals surface area contributed by atoms with Gasteiger partial charge in [0.25, 0.3) is 0 Å². The van der Waals surface area contributed by atoms with Crippen LogP contribution in [0.25, 0.3) is 0 Å². The number of aryl methyl sites for hydroxylation is 1. The van der Waals surface area contributed by atoms with Gasteiger partial charge in [-0.3, -0.25) is 0 Å². The summed E-state index contributed by atoms with van der Waals surface area (Å²) in [7, 11) is 0. The maximum atomic E-state index is 5.41. The Morgan fingerprint density at radius 3 is 2.74 bits per heavy atom. The number of unbranched alkanes of at least 4 members (excludes halogenated alkanes) is 1. The summed E-state index contributed by atoms with van der Waals surface area (Å²) in [6.07, 6.45) is 3.56. The van der Waals surface area contributed by atoms with Gasteiger partial charge in [-0.25, -0.2) is 5.10 Å². The molecule has 0 bridgehead atoms. The monoisotopic (exact) mass is 382 g/mol. The molecule has 0 atom stereocenters. The number of benzene rings is 2. The Bertz CT molecular complexity index is 895. The van der Waals surface area contributed by atoms with Gasteiger partial charge >= 0.3 is 0 Å². The van der Waals surface area contributed by atoms with Crippen molar-refractivity contribution < 1.29 is 9.47 Å². The normalized spacial score (nSPS) is 12.3. The molecule has 0 fully saturated rings. The zero-order valence-electron chi connectivity index (χ0n) is 15.2. The molecule has 27 heavy (non-hydrogen) atoms. The number of H-pyrrole nitrogens is 1. The van der Waals surface area contributed by atoms with Crippen molar-refractivity contribution in [2.45, 2.75) is 37.1 Å². The number of ether oxygens (including phenoxy) is 2. The molecule has 2 N–H and O–H groups in total. The number of fused-ring (bicyclic) bond motifs is 1. The average molecular weight is 382 g/mol. The van der Waals surface area contributed by atoms with Crippen molar-refractivity contribution in [3.63, 3.8) is 0 Å². The van der Waals surface area contributed by atoms with Crippen LogP contribution < -0.4 is 14.8 Å². The first-order chi connectivity index (χ1) is 13.3. The lowest BCUT2D eigenvalue weighted by Gasteiger charge is -2.04. The van der Waals surface area contributed by atoms with Gasteiger partial charge in [-0.1, -0.05) is 43.3 Å². The molecule has 3 aromatic rings. The highest BCUT2D eigenvalue weighted by atomic mass is 32.2. The van der Waals surface area contributed by atoms with E-state index in [2.05, 4.69) is 51.7 Å². The number of aromatic nitrogens is 3. The lowest BCUT2D eigenvalue weighted by Crippen LogP contribution is -1.93. The summed E-state index contributed by atoms with van der Waals surface area (Å²) in [5.41, 5.74) is 3.50. The third kappa shape index (κ3) is 4.54. The van der Waals surface area contributed by atoms with Crippen molar-refractivity contribution in [1.82, 2.24) is 15.2 Å². The van der Waals surface area contributed by atoms with Crippen molar-refractivity contribution in [2.75, 3.05) is 12.1 Å². The number of anilines is 2. The van der Waals surface area contributed by atoms with E-state index in [1.165, 1.54) is 18.4 Å². The van der Waals surface area contributed by atoms with Crippen LogP contribution in [0.2, 0.25) is 0 Å². The number of nitrogens with zero attached hydrogens (tertiary/aromatic N) is 2. The van der Waals surface area contributed by atoms with Crippen molar-refractivity contribution >= 4 is 23.4 Å². The number of hydrogen-bond acceptors (Lipinski definition) is 6. The van der Waals surface area contributed by atoms with Gasteiger partial charge in [0.15, 0.2) is 11.5 Å². The Morgan fingerprint density at radius 2 is 1.89 bits per heavy atom. The van der Waals surface area contributed by atoms with E-state index < -0.39 is 0 Å². The molecule has 2 aromatic carbocycles. The van der Waals surface area contributed by atoms with Gasteiger partial charge in [0.2, 0.25) is 17.9 Å². The van der Waals surface area contributed by atoms with Gasteiger partial charge in [-0.15, -0.1) is 5.10 Å². The second-order valence-electron chi connectivity index (χ2n) is 6.37. The molecule has 1 aromatic heterocycles. The molecule has 1 aliphatic rings. The quantitative estimate of drug-likeness (QED) is 0.539. The van der Waals surface area contributed by atoms with E-state index in [1.807, 2.05) is 18.2 Å². The lowest BCUT2D eigenvalue weighted by molar-refractivity contribution is 0.174. The Labute approximate surface area is 162 Å². The standard InChI is InChI=1S/C20H22N4O2S/c1-2-3-4-14-5-8-16(9-6-14)21-19-22-20(24-23-19)27-12-15-7-10-17-18(11-15)26-13-25-17/h5-11H,2-4,12-13H2,1H3,(H2,21,22,23,24). The minimum absolute atomic E-state index is 0.293. The van der Waals surface area contributed by atoms with E-state index in [9.17, 15) is 0 Å². The van der Waals surface area contributed by atoms with Crippen LogP contribution in [0.15, 0.2) is 47.6 Å². The molecule has 0 saturated heterocycles. The summed E-state index contributed by atoms with van der Waals surface area (Å²) in [6.45, 7) is 2.50. The van der Waals surface area contributed by atoms with Crippen LogP contribution >= 0.6 is 11.8 Å². The molecule has 4 rings (SSSR count). The molecule has 0 aliphatic carbocycles. The topological polar surface area (TPSA) is 72.1 Å². The Hall–Kier alpha value is -2.67. The van der Waals surface area contributed by atoms with Gasteiger partial charge in [0, 0.05) is 11.4 Å². The van der Waals surface area contributed by atoms with E-state index in [1.54, 1.807) is 11.8 Å². The SMILES string of the molecule is CCCCc1ccc(Nc2nc(SCc3ccc4c(c3)OCO4)n[nH]2)cc1. The van der Waals surface area contributed by atoms with E-state index >= 15 is 0 Å². The number of aromatic amines is 1. The molecule has 1 aliphatic heterocycles. The van der Waals surface area contributed by atoms with Crippen LogP contribution in [0.1, 0.15) is 30.9 Å². The molecule has 0 unspecified atom stereocenters. The Balaban J connectivity index is 1.32. The highest BCUT2D eigenvalue weighted by Crippen LogP contribution is 2.34. The van der Waals surface area contributed by atoms with E-state index in [0.29, 0.717) is 17.9 Å². The highest BCUT2D eigenvalue weighted by molar-refractivity contribution is 7.98. The molecule has 0 amide bonds. The first kappa shape index (κ1) is 17.7.